The summed E-state index contributed by atoms with van der Waals surface area (Å²) in [6.45, 7) is 1.43. The van der Waals surface area contributed by atoms with E-state index in [0.717, 1.165) is 4.31 Å². The summed E-state index contributed by atoms with van der Waals surface area (Å²) >= 11 is 0. The van der Waals surface area contributed by atoms with Gasteiger partial charge in [-0.05, 0) is 31.2 Å². The molecule has 2 aromatic rings. The van der Waals surface area contributed by atoms with E-state index in [9.17, 15) is 13.2 Å². The van der Waals surface area contributed by atoms with Gasteiger partial charge in [0.1, 0.15) is 11.4 Å². The number of carbonyl (C=O) groups excluding carboxylic acids is 1. The Morgan fingerprint density at radius 1 is 1.22 bits per heavy atom. The van der Waals surface area contributed by atoms with Crippen LogP contribution in [-0.2, 0) is 26.1 Å². The molecule has 0 amide bonds. The van der Waals surface area contributed by atoms with E-state index >= 15 is 0 Å². The van der Waals surface area contributed by atoms with Crippen LogP contribution in [-0.4, -0.2) is 41.8 Å². The fourth-order valence-electron chi connectivity index (χ4n) is 1.90. The number of nitrogens with zero attached hydrogens (tertiary/aromatic N) is 3. The number of esters is 1. The zero-order chi connectivity index (χ0) is 16.7. The fourth-order valence-corrected chi connectivity index (χ4v) is 3.22. The second kappa shape index (κ2) is 7.80. The first-order chi connectivity index (χ1) is 11.0. The van der Waals surface area contributed by atoms with E-state index < -0.39 is 16.0 Å². The maximum absolute atomic E-state index is 12.7. The lowest BCUT2D eigenvalue weighted by molar-refractivity contribution is -0.143. The molecule has 0 saturated heterocycles. The van der Waals surface area contributed by atoms with Crippen molar-refractivity contribution in [1.82, 2.24) is 14.3 Å². The molecule has 0 saturated carbocycles. The smallest absolute Gasteiger partial charge is 0.321 e. The molecule has 7 nitrogen and oxygen atoms in total. The quantitative estimate of drug-likeness (QED) is 0.707. The SMILES string of the molecule is CCOC(=O)CN(Cc1ccccn1)S(=O)(=O)c1cccnc1. The van der Waals surface area contributed by atoms with Gasteiger partial charge in [0.25, 0.3) is 0 Å². The second-order valence-electron chi connectivity index (χ2n) is 4.59. The van der Waals surface area contributed by atoms with Gasteiger partial charge < -0.3 is 4.74 Å². The van der Waals surface area contributed by atoms with E-state index in [1.807, 2.05) is 0 Å². The van der Waals surface area contributed by atoms with Gasteiger partial charge in [-0.2, -0.15) is 4.31 Å². The third-order valence-corrected chi connectivity index (χ3v) is 4.72. The molecule has 122 valence electrons. The second-order valence-corrected chi connectivity index (χ2v) is 6.53. The highest BCUT2D eigenvalue weighted by Gasteiger charge is 2.27. The van der Waals surface area contributed by atoms with E-state index in [-0.39, 0.29) is 24.6 Å². The van der Waals surface area contributed by atoms with E-state index in [1.165, 1.54) is 24.5 Å². The molecule has 8 heteroatoms. The van der Waals surface area contributed by atoms with Crippen LogP contribution in [0.2, 0.25) is 0 Å². The van der Waals surface area contributed by atoms with E-state index in [1.54, 1.807) is 31.3 Å². The Morgan fingerprint density at radius 3 is 2.65 bits per heavy atom. The number of aromatic nitrogens is 2. The normalized spacial score (nSPS) is 11.4. The van der Waals surface area contributed by atoms with Crippen molar-refractivity contribution in [3.63, 3.8) is 0 Å². The average molecular weight is 335 g/mol. The molecule has 0 fully saturated rings. The summed E-state index contributed by atoms with van der Waals surface area (Å²) in [5.74, 6) is -0.615. The lowest BCUT2D eigenvalue weighted by Crippen LogP contribution is -2.36. The van der Waals surface area contributed by atoms with Crippen LogP contribution in [0, 0.1) is 0 Å². The third-order valence-electron chi connectivity index (χ3n) is 2.95. The van der Waals surface area contributed by atoms with E-state index in [2.05, 4.69) is 9.97 Å². The lowest BCUT2D eigenvalue weighted by Gasteiger charge is -2.20. The van der Waals surface area contributed by atoms with Crippen molar-refractivity contribution in [3.8, 4) is 0 Å². The summed E-state index contributed by atoms with van der Waals surface area (Å²) in [5, 5.41) is 0. The van der Waals surface area contributed by atoms with E-state index in [4.69, 9.17) is 4.74 Å². The minimum atomic E-state index is -3.88. The first kappa shape index (κ1) is 17.0. The number of carbonyl (C=O) groups is 1. The van der Waals surface area contributed by atoms with Crippen LogP contribution in [0.4, 0.5) is 0 Å². The molecule has 0 radical (unpaired) electrons. The zero-order valence-corrected chi connectivity index (χ0v) is 13.4. The largest absolute Gasteiger partial charge is 0.465 e. The highest BCUT2D eigenvalue weighted by molar-refractivity contribution is 7.89. The Bertz CT molecular complexity index is 736. The van der Waals surface area contributed by atoms with Crippen molar-refractivity contribution in [2.24, 2.45) is 0 Å². The number of sulfonamides is 1. The van der Waals surface area contributed by atoms with Gasteiger partial charge in [0.2, 0.25) is 10.0 Å². The van der Waals surface area contributed by atoms with Crippen molar-refractivity contribution in [1.29, 1.82) is 0 Å². The lowest BCUT2D eigenvalue weighted by atomic mass is 10.3. The molecular formula is C15H17N3O4S. The van der Waals surface area contributed by atoms with Crippen LogP contribution in [0.3, 0.4) is 0 Å². The predicted molar refractivity (Wildman–Crippen MR) is 82.7 cm³/mol. The van der Waals surface area contributed by atoms with Crippen molar-refractivity contribution in [2.45, 2.75) is 18.4 Å². The Morgan fingerprint density at radius 2 is 2.04 bits per heavy atom. The minimum absolute atomic E-state index is 0.0141. The highest BCUT2D eigenvalue weighted by Crippen LogP contribution is 2.16. The summed E-state index contributed by atoms with van der Waals surface area (Å²) in [6.07, 6.45) is 4.29. The van der Waals surface area contributed by atoms with Crippen LogP contribution in [0.1, 0.15) is 12.6 Å². The summed E-state index contributed by atoms with van der Waals surface area (Å²) < 4.78 is 31.3. The Labute approximate surface area is 135 Å². The van der Waals surface area contributed by atoms with Crippen molar-refractivity contribution < 1.29 is 17.9 Å². The van der Waals surface area contributed by atoms with Gasteiger partial charge >= 0.3 is 5.97 Å². The summed E-state index contributed by atoms with van der Waals surface area (Å²) in [5.41, 5.74) is 0.532. The molecule has 0 unspecified atom stereocenters. The number of rotatable bonds is 7. The molecule has 0 aromatic carbocycles. The summed E-state index contributed by atoms with van der Waals surface area (Å²) in [4.78, 5) is 19.7. The van der Waals surface area contributed by atoms with Gasteiger partial charge in [0.15, 0.2) is 0 Å². The fraction of sp³-hybridized carbons (Fsp3) is 0.267. The summed E-state index contributed by atoms with van der Waals surface area (Å²) in [7, 11) is -3.88. The first-order valence-electron chi connectivity index (χ1n) is 6.99. The number of ether oxygens (including phenoxy) is 1. The maximum atomic E-state index is 12.7. The zero-order valence-electron chi connectivity index (χ0n) is 12.6. The van der Waals surface area contributed by atoms with Gasteiger partial charge in [0.05, 0.1) is 18.8 Å². The maximum Gasteiger partial charge on any atom is 0.321 e. The molecule has 2 aromatic heterocycles. The average Bonchev–Trinajstić information content (AvgIpc) is 2.56. The number of pyridine rings is 2. The molecule has 23 heavy (non-hydrogen) atoms. The Hall–Kier alpha value is -2.32. The number of hydrogen-bond acceptors (Lipinski definition) is 6. The molecule has 0 aliphatic carbocycles. The van der Waals surface area contributed by atoms with Crippen molar-refractivity contribution in [3.05, 3.63) is 54.6 Å². The van der Waals surface area contributed by atoms with Crippen molar-refractivity contribution >= 4 is 16.0 Å². The molecule has 0 bridgehead atoms. The number of hydrogen-bond donors (Lipinski definition) is 0. The minimum Gasteiger partial charge on any atom is -0.465 e. The van der Waals surface area contributed by atoms with Gasteiger partial charge in [0, 0.05) is 18.6 Å². The van der Waals surface area contributed by atoms with Crippen LogP contribution in [0.15, 0.2) is 53.8 Å². The van der Waals surface area contributed by atoms with Gasteiger partial charge in [-0.15, -0.1) is 0 Å². The van der Waals surface area contributed by atoms with Crippen LogP contribution >= 0.6 is 0 Å². The highest BCUT2D eigenvalue weighted by atomic mass is 32.2. The molecule has 2 rings (SSSR count). The van der Waals surface area contributed by atoms with Crippen LogP contribution in [0.5, 0.6) is 0 Å². The standard InChI is InChI=1S/C15H17N3O4S/c1-2-22-15(19)12-18(11-13-6-3-4-9-17-13)23(20,21)14-7-5-8-16-10-14/h3-10H,2,11-12H2,1H3. The van der Waals surface area contributed by atoms with E-state index in [0.29, 0.717) is 5.69 Å². The van der Waals surface area contributed by atoms with Crippen molar-refractivity contribution in [2.75, 3.05) is 13.2 Å². The molecular weight excluding hydrogens is 318 g/mol. The first-order valence-corrected chi connectivity index (χ1v) is 8.43. The Balaban J connectivity index is 2.30. The molecule has 0 spiro atoms. The molecule has 0 aliphatic heterocycles. The third kappa shape index (κ3) is 4.57. The predicted octanol–water partition coefficient (Wildman–Crippen LogP) is 1.23. The van der Waals surface area contributed by atoms with Crippen LogP contribution < -0.4 is 0 Å². The topological polar surface area (TPSA) is 89.5 Å². The molecule has 2 heterocycles. The summed E-state index contributed by atoms with van der Waals surface area (Å²) in [6, 6.07) is 8.13. The van der Waals surface area contributed by atoms with Crippen LogP contribution in [0.25, 0.3) is 0 Å². The van der Waals surface area contributed by atoms with Gasteiger partial charge in [-0.25, -0.2) is 8.42 Å². The van der Waals surface area contributed by atoms with Gasteiger partial charge in [-0.3, -0.25) is 14.8 Å². The monoisotopic (exact) mass is 335 g/mol. The molecule has 0 aliphatic rings. The molecule has 0 atom stereocenters. The molecule has 0 N–H and O–H groups in total. The van der Waals surface area contributed by atoms with Gasteiger partial charge in [-0.1, -0.05) is 6.07 Å². The Kier molecular flexibility index (Phi) is 5.78.